The van der Waals surface area contributed by atoms with Gasteiger partial charge in [-0.25, -0.2) is 0 Å². The molecule has 1 aromatic carbocycles. The molecule has 1 aliphatic rings. The fourth-order valence-electron chi connectivity index (χ4n) is 2.74. The third kappa shape index (κ3) is 2.95. The van der Waals surface area contributed by atoms with Crippen molar-refractivity contribution in [1.82, 2.24) is 5.32 Å². The van der Waals surface area contributed by atoms with Gasteiger partial charge in [0.15, 0.2) is 0 Å². The SMILES string of the molecule is CNC(c1ccc(C)cc1)C1CCC(=O)CC1. The van der Waals surface area contributed by atoms with Gasteiger partial charge < -0.3 is 5.32 Å². The number of carbonyl (C=O) groups is 1. The summed E-state index contributed by atoms with van der Waals surface area (Å²) in [5.74, 6) is 1.03. The summed E-state index contributed by atoms with van der Waals surface area (Å²) in [6, 6.07) is 9.12. The number of nitrogens with one attached hydrogen (secondary N) is 1. The molecule has 92 valence electrons. The maximum Gasteiger partial charge on any atom is 0.132 e. The van der Waals surface area contributed by atoms with Crippen LogP contribution in [-0.4, -0.2) is 12.8 Å². The predicted octanol–water partition coefficient (Wildman–Crippen LogP) is 3.01. The molecule has 0 radical (unpaired) electrons. The highest BCUT2D eigenvalue weighted by molar-refractivity contribution is 5.79. The van der Waals surface area contributed by atoms with E-state index in [0.717, 1.165) is 25.7 Å². The van der Waals surface area contributed by atoms with Gasteiger partial charge in [-0.15, -0.1) is 0 Å². The molecule has 1 aliphatic carbocycles. The fraction of sp³-hybridized carbons (Fsp3) is 0.533. The molecular formula is C15H21NO. The van der Waals surface area contributed by atoms with E-state index >= 15 is 0 Å². The van der Waals surface area contributed by atoms with Gasteiger partial charge in [0.2, 0.25) is 0 Å². The summed E-state index contributed by atoms with van der Waals surface area (Å²) in [7, 11) is 2.01. The minimum absolute atomic E-state index is 0.392. The van der Waals surface area contributed by atoms with Crippen LogP contribution in [0.1, 0.15) is 42.9 Å². The van der Waals surface area contributed by atoms with Gasteiger partial charge in [0.1, 0.15) is 5.78 Å². The van der Waals surface area contributed by atoms with Crippen molar-refractivity contribution >= 4 is 5.78 Å². The normalized spacial score (nSPS) is 19.3. The number of carbonyl (C=O) groups excluding carboxylic acids is 1. The van der Waals surface area contributed by atoms with Crippen LogP contribution in [0.2, 0.25) is 0 Å². The first-order valence-electron chi connectivity index (χ1n) is 6.46. The Balaban J connectivity index is 2.10. The predicted molar refractivity (Wildman–Crippen MR) is 69.9 cm³/mol. The molecule has 0 spiro atoms. The van der Waals surface area contributed by atoms with E-state index in [1.807, 2.05) is 7.05 Å². The van der Waals surface area contributed by atoms with Crippen molar-refractivity contribution in [3.63, 3.8) is 0 Å². The van der Waals surface area contributed by atoms with E-state index in [4.69, 9.17) is 0 Å². The number of aryl methyl sites for hydroxylation is 1. The van der Waals surface area contributed by atoms with E-state index in [9.17, 15) is 4.79 Å². The Morgan fingerprint density at radius 1 is 1.18 bits per heavy atom. The maximum absolute atomic E-state index is 11.3. The van der Waals surface area contributed by atoms with Crippen LogP contribution in [0.5, 0.6) is 0 Å². The van der Waals surface area contributed by atoms with Crippen LogP contribution in [-0.2, 0) is 4.79 Å². The first kappa shape index (κ1) is 12.3. The molecule has 0 heterocycles. The van der Waals surface area contributed by atoms with Gasteiger partial charge in [0, 0.05) is 18.9 Å². The maximum atomic E-state index is 11.3. The Bertz CT molecular complexity index is 372. The Morgan fingerprint density at radius 3 is 2.29 bits per heavy atom. The summed E-state index contributed by atoms with van der Waals surface area (Å²) in [6.45, 7) is 2.11. The first-order chi connectivity index (χ1) is 8.20. The van der Waals surface area contributed by atoms with Gasteiger partial charge in [0.25, 0.3) is 0 Å². The van der Waals surface area contributed by atoms with Crippen LogP contribution in [0.3, 0.4) is 0 Å². The van der Waals surface area contributed by atoms with Crippen LogP contribution in [0.25, 0.3) is 0 Å². The van der Waals surface area contributed by atoms with Gasteiger partial charge in [-0.3, -0.25) is 4.79 Å². The van der Waals surface area contributed by atoms with Gasteiger partial charge >= 0.3 is 0 Å². The lowest BCUT2D eigenvalue weighted by Gasteiger charge is -2.30. The van der Waals surface area contributed by atoms with E-state index in [-0.39, 0.29) is 0 Å². The topological polar surface area (TPSA) is 29.1 Å². The Hall–Kier alpha value is -1.15. The van der Waals surface area contributed by atoms with Crippen molar-refractivity contribution < 1.29 is 4.79 Å². The molecule has 1 saturated carbocycles. The Labute approximate surface area is 103 Å². The average molecular weight is 231 g/mol. The minimum atomic E-state index is 0.392. The van der Waals surface area contributed by atoms with E-state index in [1.165, 1.54) is 11.1 Å². The molecule has 17 heavy (non-hydrogen) atoms. The summed E-state index contributed by atoms with van der Waals surface area (Å²) in [5.41, 5.74) is 2.64. The van der Waals surface area contributed by atoms with Crippen molar-refractivity contribution in [3.8, 4) is 0 Å². The van der Waals surface area contributed by atoms with Crippen LogP contribution >= 0.6 is 0 Å². The molecule has 1 unspecified atom stereocenters. The lowest BCUT2D eigenvalue weighted by Crippen LogP contribution is -2.28. The molecule has 1 N–H and O–H groups in total. The summed E-state index contributed by atoms with van der Waals surface area (Å²) >= 11 is 0. The molecule has 0 aromatic heterocycles. The number of hydrogen-bond acceptors (Lipinski definition) is 2. The second-order valence-electron chi connectivity index (χ2n) is 5.05. The lowest BCUT2D eigenvalue weighted by atomic mass is 9.80. The second-order valence-corrected chi connectivity index (χ2v) is 5.05. The molecule has 2 rings (SSSR count). The molecule has 0 saturated heterocycles. The van der Waals surface area contributed by atoms with Crippen molar-refractivity contribution in [3.05, 3.63) is 35.4 Å². The number of ketones is 1. The van der Waals surface area contributed by atoms with Gasteiger partial charge in [0.05, 0.1) is 0 Å². The van der Waals surface area contributed by atoms with Gasteiger partial charge in [-0.05, 0) is 38.3 Å². The molecule has 0 amide bonds. The lowest BCUT2D eigenvalue weighted by molar-refractivity contribution is -0.121. The molecular weight excluding hydrogens is 210 g/mol. The Kier molecular flexibility index (Phi) is 3.95. The zero-order valence-corrected chi connectivity index (χ0v) is 10.7. The van der Waals surface area contributed by atoms with Gasteiger partial charge in [-0.1, -0.05) is 29.8 Å². The largest absolute Gasteiger partial charge is 0.313 e. The highest BCUT2D eigenvalue weighted by Crippen LogP contribution is 2.33. The second kappa shape index (κ2) is 5.46. The van der Waals surface area contributed by atoms with Crippen LogP contribution in [0.15, 0.2) is 24.3 Å². The molecule has 1 atom stereocenters. The standard InChI is InChI=1S/C15H21NO/c1-11-3-5-12(6-4-11)15(16-2)13-7-9-14(17)10-8-13/h3-6,13,15-16H,7-10H2,1-2H3. The summed E-state index contributed by atoms with van der Waals surface area (Å²) < 4.78 is 0. The van der Waals surface area contributed by atoms with E-state index in [2.05, 4.69) is 36.5 Å². The zero-order chi connectivity index (χ0) is 12.3. The van der Waals surface area contributed by atoms with Crippen LogP contribution in [0, 0.1) is 12.8 Å². The zero-order valence-electron chi connectivity index (χ0n) is 10.7. The third-order valence-corrected chi connectivity index (χ3v) is 3.81. The van der Waals surface area contributed by atoms with E-state index < -0.39 is 0 Å². The summed E-state index contributed by atoms with van der Waals surface area (Å²) in [6.07, 6.45) is 3.57. The first-order valence-corrected chi connectivity index (χ1v) is 6.46. The smallest absolute Gasteiger partial charge is 0.132 e. The number of rotatable bonds is 3. The van der Waals surface area contributed by atoms with Crippen LogP contribution < -0.4 is 5.32 Å². The highest BCUT2D eigenvalue weighted by Gasteiger charge is 2.26. The molecule has 1 fully saturated rings. The molecule has 2 nitrogen and oxygen atoms in total. The van der Waals surface area contributed by atoms with Crippen molar-refractivity contribution in [2.24, 2.45) is 5.92 Å². The highest BCUT2D eigenvalue weighted by atomic mass is 16.1. The van der Waals surface area contributed by atoms with Gasteiger partial charge in [-0.2, -0.15) is 0 Å². The molecule has 2 heteroatoms. The van der Waals surface area contributed by atoms with Crippen molar-refractivity contribution in [2.45, 2.75) is 38.6 Å². The van der Waals surface area contributed by atoms with Crippen molar-refractivity contribution in [1.29, 1.82) is 0 Å². The quantitative estimate of drug-likeness (QED) is 0.866. The Morgan fingerprint density at radius 2 is 1.76 bits per heavy atom. The average Bonchev–Trinajstić information content (AvgIpc) is 2.35. The number of benzene rings is 1. The summed E-state index contributed by atoms with van der Waals surface area (Å²) in [4.78, 5) is 11.3. The van der Waals surface area contributed by atoms with E-state index in [0.29, 0.717) is 17.7 Å². The van der Waals surface area contributed by atoms with Crippen LogP contribution in [0.4, 0.5) is 0 Å². The minimum Gasteiger partial charge on any atom is -0.313 e. The number of hydrogen-bond donors (Lipinski definition) is 1. The molecule has 0 bridgehead atoms. The fourth-order valence-corrected chi connectivity index (χ4v) is 2.74. The molecule has 0 aliphatic heterocycles. The summed E-state index contributed by atoms with van der Waals surface area (Å²) in [5, 5.41) is 3.41. The molecule has 1 aromatic rings. The van der Waals surface area contributed by atoms with E-state index in [1.54, 1.807) is 0 Å². The third-order valence-electron chi connectivity index (χ3n) is 3.81. The monoisotopic (exact) mass is 231 g/mol. The van der Waals surface area contributed by atoms with Crippen molar-refractivity contribution in [2.75, 3.05) is 7.05 Å². The number of Topliss-reactive ketones (excluding diaryl/α,β-unsaturated/α-hetero) is 1.